The Balaban J connectivity index is 1.55. The maximum Gasteiger partial charge on any atom is 0.331 e. The van der Waals surface area contributed by atoms with Crippen molar-refractivity contribution in [2.24, 2.45) is 0 Å². The lowest BCUT2D eigenvalue weighted by Gasteiger charge is -2.09. The van der Waals surface area contributed by atoms with Gasteiger partial charge in [0.2, 0.25) is 0 Å². The smallest absolute Gasteiger partial charge is 0.331 e. The molecule has 9 heteroatoms. The number of benzene rings is 1. The van der Waals surface area contributed by atoms with Gasteiger partial charge in [0.1, 0.15) is 5.75 Å². The Morgan fingerprint density at radius 1 is 1.30 bits per heavy atom. The number of nitrogens with one attached hydrogen (secondary N) is 1. The van der Waals surface area contributed by atoms with Crippen molar-refractivity contribution in [3.8, 4) is 5.75 Å². The van der Waals surface area contributed by atoms with Crippen molar-refractivity contribution < 1.29 is 24.0 Å². The number of non-ortho nitro benzene ring substituents is 1. The number of rotatable bonds is 8. The summed E-state index contributed by atoms with van der Waals surface area (Å²) in [4.78, 5) is 34.3. The van der Waals surface area contributed by atoms with Gasteiger partial charge >= 0.3 is 5.97 Å². The Morgan fingerprint density at radius 2 is 2.03 bits per heavy atom. The van der Waals surface area contributed by atoms with Crippen LogP contribution in [0.15, 0.2) is 30.3 Å². The van der Waals surface area contributed by atoms with Gasteiger partial charge in [-0.25, -0.2) is 4.79 Å². The molecule has 1 heterocycles. The summed E-state index contributed by atoms with van der Waals surface area (Å²) in [6, 6.07) is 6.36. The number of nitro groups is 1. The number of anilines is 1. The van der Waals surface area contributed by atoms with Crippen LogP contribution in [0.2, 0.25) is 0 Å². The lowest BCUT2D eigenvalue weighted by molar-refractivity contribution is -0.384. The van der Waals surface area contributed by atoms with Crippen molar-refractivity contribution in [2.45, 2.75) is 32.7 Å². The zero-order chi connectivity index (χ0) is 21.8. The summed E-state index contributed by atoms with van der Waals surface area (Å²) >= 11 is 0. The van der Waals surface area contributed by atoms with E-state index in [4.69, 9.17) is 9.47 Å². The van der Waals surface area contributed by atoms with E-state index in [1.807, 2.05) is 19.9 Å². The highest BCUT2D eigenvalue weighted by atomic mass is 16.6. The van der Waals surface area contributed by atoms with E-state index in [2.05, 4.69) is 9.88 Å². The number of nitro benzene ring substituents is 1. The molecule has 9 nitrogen and oxygen atoms in total. The molecule has 158 valence electrons. The number of carbonyl (C=O) groups is 2. The predicted molar refractivity (Wildman–Crippen MR) is 110 cm³/mol. The van der Waals surface area contributed by atoms with E-state index in [9.17, 15) is 19.7 Å². The van der Waals surface area contributed by atoms with Crippen LogP contribution in [0.3, 0.4) is 0 Å². The number of nitrogens with zero attached hydrogens (tertiary/aromatic N) is 2. The minimum atomic E-state index is -0.642. The van der Waals surface area contributed by atoms with Gasteiger partial charge in [-0.05, 0) is 50.5 Å². The van der Waals surface area contributed by atoms with Crippen molar-refractivity contribution >= 4 is 29.3 Å². The Kier molecular flexibility index (Phi) is 6.20. The summed E-state index contributed by atoms with van der Waals surface area (Å²) in [7, 11) is 1.33. The van der Waals surface area contributed by atoms with Gasteiger partial charge in [-0.2, -0.15) is 0 Å². The van der Waals surface area contributed by atoms with Crippen LogP contribution >= 0.6 is 0 Å². The first-order valence-corrected chi connectivity index (χ1v) is 9.45. The molecule has 0 saturated heterocycles. The Hall–Kier alpha value is -3.62. The standard InChI is InChI=1S/C21H23N3O6/c1-13-10-15(14(2)23(13)16-5-6-16)4-9-21(26)30-12-20(25)22-18-8-7-17(24(27)28)11-19(18)29-3/h4,7-11,16H,5-6,12H2,1-3H3,(H,22,25)/b9-4+. The molecule has 0 radical (unpaired) electrons. The van der Waals surface area contributed by atoms with E-state index >= 15 is 0 Å². The number of esters is 1. The molecule has 0 spiro atoms. The van der Waals surface area contributed by atoms with Crippen LogP contribution in [0.1, 0.15) is 35.8 Å². The largest absolute Gasteiger partial charge is 0.494 e. The highest BCUT2D eigenvalue weighted by Gasteiger charge is 2.26. The third-order valence-corrected chi connectivity index (χ3v) is 4.85. The normalized spacial score (nSPS) is 13.3. The average molecular weight is 413 g/mol. The molecule has 1 N–H and O–H groups in total. The van der Waals surface area contributed by atoms with Crippen molar-refractivity contribution in [2.75, 3.05) is 19.0 Å². The molecule has 0 atom stereocenters. The molecule has 0 aliphatic heterocycles. The van der Waals surface area contributed by atoms with Crippen LogP contribution in [-0.2, 0) is 14.3 Å². The molecule has 30 heavy (non-hydrogen) atoms. The van der Waals surface area contributed by atoms with Gasteiger partial charge < -0.3 is 19.4 Å². The fourth-order valence-corrected chi connectivity index (χ4v) is 3.29. The summed E-state index contributed by atoms with van der Waals surface area (Å²) in [6.07, 6.45) is 5.33. The van der Waals surface area contributed by atoms with Crippen LogP contribution in [0.4, 0.5) is 11.4 Å². The maximum atomic E-state index is 12.1. The van der Waals surface area contributed by atoms with Crippen LogP contribution in [0.25, 0.3) is 6.08 Å². The minimum Gasteiger partial charge on any atom is -0.494 e. The van der Waals surface area contributed by atoms with Gasteiger partial charge in [-0.1, -0.05) is 0 Å². The Morgan fingerprint density at radius 3 is 2.67 bits per heavy atom. The zero-order valence-corrected chi connectivity index (χ0v) is 17.0. The van der Waals surface area contributed by atoms with E-state index < -0.39 is 23.4 Å². The van der Waals surface area contributed by atoms with Crippen LogP contribution in [-0.4, -0.2) is 35.1 Å². The fraction of sp³-hybridized carbons (Fsp3) is 0.333. The summed E-state index contributed by atoms with van der Waals surface area (Å²) in [5.74, 6) is -1.09. The zero-order valence-electron chi connectivity index (χ0n) is 17.0. The molecule has 2 aromatic rings. The molecule has 1 saturated carbocycles. The third-order valence-electron chi connectivity index (χ3n) is 4.85. The maximum absolute atomic E-state index is 12.1. The van der Waals surface area contributed by atoms with Crippen molar-refractivity contribution in [1.82, 2.24) is 4.57 Å². The number of ether oxygens (including phenoxy) is 2. The molecule has 0 bridgehead atoms. The minimum absolute atomic E-state index is 0.134. The second kappa shape index (κ2) is 8.81. The van der Waals surface area contributed by atoms with Crippen molar-refractivity contribution in [1.29, 1.82) is 0 Å². The second-order valence-corrected chi connectivity index (χ2v) is 7.06. The predicted octanol–water partition coefficient (Wildman–Crippen LogP) is 3.55. The van der Waals surface area contributed by atoms with E-state index in [0.717, 1.165) is 17.0 Å². The number of aromatic nitrogens is 1. The van der Waals surface area contributed by atoms with E-state index in [-0.39, 0.29) is 17.1 Å². The van der Waals surface area contributed by atoms with Gasteiger partial charge in [0, 0.05) is 29.6 Å². The number of aryl methyl sites for hydroxylation is 1. The van der Waals surface area contributed by atoms with Gasteiger partial charge in [0.25, 0.3) is 11.6 Å². The molecule has 0 unspecified atom stereocenters. The van der Waals surface area contributed by atoms with Crippen LogP contribution in [0.5, 0.6) is 5.75 Å². The number of hydrogen-bond donors (Lipinski definition) is 1. The van der Waals surface area contributed by atoms with Gasteiger partial charge in [0.05, 0.1) is 23.8 Å². The quantitative estimate of drug-likeness (QED) is 0.306. The third kappa shape index (κ3) is 4.86. The molecule has 1 aromatic carbocycles. The summed E-state index contributed by atoms with van der Waals surface area (Å²) < 4.78 is 12.3. The van der Waals surface area contributed by atoms with E-state index in [1.54, 1.807) is 6.08 Å². The topological polar surface area (TPSA) is 113 Å². The summed E-state index contributed by atoms with van der Waals surface area (Å²) in [6.45, 7) is 3.56. The lowest BCUT2D eigenvalue weighted by atomic mass is 10.2. The molecule has 1 fully saturated rings. The monoisotopic (exact) mass is 413 g/mol. The Bertz CT molecular complexity index is 1020. The molecule has 1 aliphatic carbocycles. The number of amides is 1. The average Bonchev–Trinajstić information content (AvgIpc) is 3.50. The number of carbonyl (C=O) groups excluding carboxylic acids is 2. The number of methoxy groups -OCH3 is 1. The molecule has 1 aromatic heterocycles. The fourth-order valence-electron chi connectivity index (χ4n) is 3.29. The van der Waals surface area contributed by atoms with Crippen molar-refractivity contribution in [3.05, 3.63) is 57.4 Å². The highest BCUT2D eigenvalue weighted by molar-refractivity contribution is 5.95. The lowest BCUT2D eigenvalue weighted by Crippen LogP contribution is -2.20. The Labute approximate surface area is 173 Å². The van der Waals surface area contributed by atoms with E-state index in [1.165, 1.54) is 44.2 Å². The number of hydrogen-bond acceptors (Lipinski definition) is 6. The van der Waals surface area contributed by atoms with Gasteiger partial charge in [0.15, 0.2) is 6.61 Å². The van der Waals surface area contributed by atoms with E-state index in [0.29, 0.717) is 6.04 Å². The highest BCUT2D eigenvalue weighted by Crippen LogP contribution is 2.38. The first kappa shape index (κ1) is 21.1. The molecule has 3 rings (SSSR count). The van der Waals surface area contributed by atoms with Crippen LogP contribution in [0, 0.1) is 24.0 Å². The van der Waals surface area contributed by atoms with Gasteiger partial charge in [-0.3, -0.25) is 14.9 Å². The molecule has 1 amide bonds. The molecular formula is C21H23N3O6. The molecule has 1 aliphatic rings. The summed E-state index contributed by atoms with van der Waals surface area (Å²) in [5.41, 5.74) is 3.27. The first-order chi connectivity index (χ1) is 14.3. The van der Waals surface area contributed by atoms with Gasteiger partial charge in [-0.15, -0.1) is 0 Å². The SMILES string of the molecule is COc1cc([N+](=O)[O-])ccc1NC(=O)COC(=O)/C=C/c1cc(C)n(C2CC2)c1C. The molecular weight excluding hydrogens is 390 g/mol. The van der Waals surface area contributed by atoms with Crippen molar-refractivity contribution in [3.63, 3.8) is 0 Å². The second-order valence-electron chi connectivity index (χ2n) is 7.06. The summed E-state index contributed by atoms with van der Waals surface area (Å²) in [5, 5.41) is 13.3. The van der Waals surface area contributed by atoms with Crippen LogP contribution < -0.4 is 10.1 Å². The first-order valence-electron chi connectivity index (χ1n) is 9.45.